The molecule has 1 atom stereocenters. The molecule has 0 aliphatic heterocycles. The first-order valence-corrected chi connectivity index (χ1v) is 12.6. The lowest BCUT2D eigenvalue weighted by molar-refractivity contribution is 0.0126. The first-order chi connectivity index (χ1) is 14.8. The normalized spacial score (nSPS) is 22.0. The number of sulfonamides is 1. The highest BCUT2D eigenvalue weighted by Gasteiger charge is 2.38. The number of nitrogens with one attached hydrogen (secondary N) is 2. The molecule has 1 aromatic carbocycles. The molecule has 8 heteroatoms. The third-order valence-electron chi connectivity index (χ3n) is 7.07. The van der Waals surface area contributed by atoms with Crippen molar-refractivity contribution < 1.29 is 22.7 Å². The standard InChI is InChI=1S/C23H28N2O5S/c1-2-23(27)11-5-10-19-18(23)13-20(30-19)31(28,29)25-22(26)24-21-16-8-3-6-14(16)12-15-7-4-9-17(15)21/h12-13,27H,2-11H2,1H3,(H2,24,25,26). The highest BCUT2D eigenvalue weighted by Crippen LogP contribution is 2.41. The molecule has 7 nitrogen and oxygen atoms in total. The lowest BCUT2D eigenvalue weighted by atomic mass is 9.81. The number of amides is 2. The zero-order valence-corrected chi connectivity index (χ0v) is 18.5. The number of carbonyl (C=O) groups is 1. The van der Waals surface area contributed by atoms with Crippen LogP contribution in [0.25, 0.3) is 0 Å². The molecule has 1 aromatic heterocycles. The Balaban J connectivity index is 1.40. The van der Waals surface area contributed by atoms with Gasteiger partial charge >= 0.3 is 6.03 Å². The van der Waals surface area contributed by atoms with Gasteiger partial charge in [0.25, 0.3) is 10.0 Å². The van der Waals surface area contributed by atoms with Crippen LogP contribution < -0.4 is 10.0 Å². The molecule has 166 valence electrons. The maximum atomic E-state index is 12.9. The maximum Gasteiger partial charge on any atom is 0.333 e. The van der Waals surface area contributed by atoms with Gasteiger partial charge in [0.1, 0.15) is 5.76 Å². The molecule has 0 saturated heterocycles. The van der Waals surface area contributed by atoms with Crippen molar-refractivity contribution in [2.24, 2.45) is 0 Å². The fourth-order valence-corrected chi connectivity index (χ4v) is 6.32. The highest BCUT2D eigenvalue weighted by molar-refractivity contribution is 7.89. The van der Waals surface area contributed by atoms with Crippen LogP contribution in [-0.4, -0.2) is 19.6 Å². The number of furan rings is 1. The van der Waals surface area contributed by atoms with E-state index in [4.69, 9.17) is 4.42 Å². The lowest BCUT2D eigenvalue weighted by Gasteiger charge is -2.30. The van der Waals surface area contributed by atoms with E-state index in [1.807, 2.05) is 6.92 Å². The molecule has 0 saturated carbocycles. The Morgan fingerprint density at radius 2 is 1.74 bits per heavy atom. The quantitative estimate of drug-likeness (QED) is 0.666. The molecular weight excluding hydrogens is 416 g/mol. The molecule has 2 aromatic rings. The summed E-state index contributed by atoms with van der Waals surface area (Å²) in [4.78, 5) is 12.7. The van der Waals surface area contributed by atoms with Crippen LogP contribution in [-0.2, 0) is 47.7 Å². The fourth-order valence-electron chi connectivity index (χ4n) is 5.44. The Kier molecular flexibility index (Phi) is 4.90. The van der Waals surface area contributed by atoms with Crippen LogP contribution in [0.1, 0.15) is 72.6 Å². The summed E-state index contributed by atoms with van der Waals surface area (Å²) in [5, 5.41) is 13.3. The van der Waals surface area contributed by atoms with Crippen molar-refractivity contribution >= 4 is 21.7 Å². The Hall–Kier alpha value is -2.32. The van der Waals surface area contributed by atoms with E-state index in [0.29, 0.717) is 30.6 Å². The van der Waals surface area contributed by atoms with Crippen molar-refractivity contribution in [1.29, 1.82) is 0 Å². The summed E-state index contributed by atoms with van der Waals surface area (Å²) in [5.41, 5.74) is 5.00. The smallest absolute Gasteiger partial charge is 0.333 e. The van der Waals surface area contributed by atoms with Gasteiger partial charge in [-0.2, -0.15) is 8.42 Å². The molecule has 2 amide bonds. The van der Waals surface area contributed by atoms with Crippen molar-refractivity contribution in [2.45, 2.75) is 81.8 Å². The van der Waals surface area contributed by atoms with Crippen molar-refractivity contribution in [2.75, 3.05) is 5.32 Å². The summed E-state index contributed by atoms with van der Waals surface area (Å²) in [5.74, 6) is 0.482. The van der Waals surface area contributed by atoms with Gasteiger partial charge in [-0.1, -0.05) is 13.0 Å². The van der Waals surface area contributed by atoms with Crippen LogP contribution in [0.2, 0.25) is 0 Å². The zero-order chi connectivity index (χ0) is 21.8. The Bertz CT molecular complexity index is 1130. The van der Waals surface area contributed by atoms with Gasteiger partial charge in [-0.05, 0) is 80.0 Å². The van der Waals surface area contributed by atoms with Crippen LogP contribution in [0.3, 0.4) is 0 Å². The van der Waals surface area contributed by atoms with Gasteiger partial charge in [-0.15, -0.1) is 0 Å². The summed E-state index contributed by atoms with van der Waals surface area (Å²) in [7, 11) is -4.20. The molecule has 0 bridgehead atoms. The summed E-state index contributed by atoms with van der Waals surface area (Å²) >= 11 is 0. The van der Waals surface area contributed by atoms with E-state index in [9.17, 15) is 18.3 Å². The number of carbonyl (C=O) groups excluding carboxylic acids is 1. The number of urea groups is 1. The molecule has 0 radical (unpaired) electrons. The van der Waals surface area contributed by atoms with E-state index in [1.165, 1.54) is 17.2 Å². The first-order valence-electron chi connectivity index (χ1n) is 11.2. The Labute approximate surface area is 182 Å². The Morgan fingerprint density at radius 1 is 1.06 bits per heavy atom. The van der Waals surface area contributed by atoms with E-state index >= 15 is 0 Å². The van der Waals surface area contributed by atoms with Crippen molar-refractivity contribution in [1.82, 2.24) is 4.72 Å². The average molecular weight is 445 g/mol. The van der Waals surface area contributed by atoms with E-state index < -0.39 is 21.7 Å². The first kappa shape index (κ1) is 20.6. The van der Waals surface area contributed by atoms with Crippen molar-refractivity contribution in [3.05, 3.63) is 45.7 Å². The number of aliphatic hydroxyl groups is 1. The predicted octanol–water partition coefficient (Wildman–Crippen LogP) is 3.70. The molecular formula is C23H28N2O5S. The number of anilines is 1. The Morgan fingerprint density at radius 3 is 2.39 bits per heavy atom. The third kappa shape index (κ3) is 3.46. The van der Waals surface area contributed by atoms with Crippen LogP contribution in [0.4, 0.5) is 10.5 Å². The third-order valence-corrected chi connectivity index (χ3v) is 8.26. The van der Waals surface area contributed by atoms with Crippen LogP contribution in [0.15, 0.2) is 21.6 Å². The monoisotopic (exact) mass is 444 g/mol. The minimum atomic E-state index is -4.20. The molecule has 1 unspecified atom stereocenters. The van der Waals surface area contributed by atoms with Gasteiger partial charge in [-0.25, -0.2) is 9.52 Å². The van der Waals surface area contributed by atoms with Gasteiger partial charge in [0.15, 0.2) is 0 Å². The van der Waals surface area contributed by atoms with Crippen LogP contribution in [0.5, 0.6) is 0 Å². The molecule has 5 rings (SSSR count). The molecule has 3 aliphatic carbocycles. The molecule has 0 fully saturated rings. The molecule has 3 aliphatic rings. The topological polar surface area (TPSA) is 109 Å². The number of hydrogen-bond donors (Lipinski definition) is 3. The summed E-state index contributed by atoms with van der Waals surface area (Å²) in [6.45, 7) is 1.86. The minimum Gasteiger partial charge on any atom is -0.447 e. The van der Waals surface area contributed by atoms with Crippen molar-refractivity contribution in [3.63, 3.8) is 0 Å². The van der Waals surface area contributed by atoms with E-state index in [2.05, 4.69) is 16.1 Å². The lowest BCUT2D eigenvalue weighted by Crippen LogP contribution is -2.34. The second-order valence-corrected chi connectivity index (χ2v) is 10.5. The second-order valence-electron chi connectivity index (χ2n) is 8.93. The SMILES string of the molecule is CCC1(O)CCCc2oc(S(=O)(=O)NC(=O)Nc3c4c(cc5c3CCC5)CCC4)cc21. The van der Waals surface area contributed by atoms with Gasteiger partial charge in [0.2, 0.25) is 5.09 Å². The zero-order valence-electron chi connectivity index (χ0n) is 17.7. The van der Waals surface area contributed by atoms with Gasteiger partial charge in [-0.3, -0.25) is 0 Å². The number of hydrogen-bond acceptors (Lipinski definition) is 5. The number of benzene rings is 1. The summed E-state index contributed by atoms with van der Waals surface area (Å²) in [6.07, 6.45) is 8.20. The van der Waals surface area contributed by atoms with Gasteiger partial charge in [0, 0.05) is 23.7 Å². The minimum absolute atomic E-state index is 0.329. The van der Waals surface area contributed by atoms with E-state index in [1.54, 1.807) is 0 Å². The van der Waals surface area contributed by atoms with Crippen LogP contribution in [0, 0.1) is 0 Å². The molecule has 3 N–H and O–H groups in total. The average Bonchev–Trinajstić information content (AvgIpc) is 3.46. The molecule has 0 spiro atoms. The van der Waals surface area contributed by atoms with Gasteiger partial charge < -0.3 is 14.8 Å². The highest BCUT2D eigenvalue weighted by atomic mass is 32.2. The van der Waals surface area contributed by atoms with Gasteiger partial charge in [0.05, 0.1) is 5.60 Å². The molecule has 31 heavy (non-hydrogen) atoms. The molecule has 1 heterocycles. The summed E-state index contributed by atoms with van der Waals surface area (Å²) in [6, 6.07) is 2.84. The number of fused-ring (bicyclic) bond motifs is 3. The number of aryl methyl sites for hydroxylation is 3. The van der Waals surface area contributed by atoms with E-state index in [-0.39, 0.29) is 5.09 Å². The maximum absolute atomic E-state index is 12.9. The summed E-state index contributed by atoms with van der Waals surface area (Å²) < 4.78 is 33.4. The predicted molar refractivity (Wildman–Crippen MR) is 116 cm³/mol. The largest absolute Gasteiger partial charge is 0.447 e. The second kappa shape index (κ2) is 7.38. The van der Waals surface area contributed by atoms with Crippen LogP contribution >= 0.6 is 0 Å². The number of rotatable bonds is 4. The van der Waals surface area contributed by atoms with Crippen molar-refractivity contribution in [3.8, 4) is 0 Å². The van der Waals surface area contributed by atoms with E-state index in [0.717, 1.165) is 61.8 Å². The fraction of sp³-hybridized carbons (Fsp3) is 0.522.